The Kier molecular flexibility index (Phi) is 4.23. The van der Waals surface area contributed by atoms with Crippen molar-refractivity contribution in [2.45, 2.75) is 6.18 Å². The van der Waals surface area contributed by atoms with Gasteiger partial charge in [0.1, 0.15) is 0 Å². The molecule has 0 heterocycles. The number of halogens is 5. The second kappa shape index (κ2) is 5.04. The molecule has 0 amide bonds. The van der Waals surface area contributed by atoms with Crippen molar-refractivity contribution in [3.05, 3.63) is 33.8 Å². The second-order valence-corrected chi connectivity index (χ2v) is 4.04. The Hall–Kier alpha value is -0.470. The Labute approximate surface area is 102 Å². The molecule has 80 valence electrons. The molecule has 5 heteroatoms. The molecule has 0 spiro atoms. The van der Waals surface area contributed by atoms with Crippen molar-refractivity contribution in [3.8, 4) is 11.8 Å². The van der Waals surface area contributed by atoms with Crippen molar-refractivity contribution in [2.24, 2.45) is 0 Å². The van der Waals surface area contributed by atoms with Crippen LogP contribution in [0.3, 0.4) is 0 Å². The summed E-state index contributed by atoms with van der Waals surface area (Å²) in [5, 5.41) is 0.487. The highest BCUT2D eigenvalue weighted by molar-refractivity contribution is 9.10. The lowest BCUT2D eigenvalue weighted by Crippen LogP contribution is -2.04. The largest absolute Gasteiger partial charge is 0.416 e. The van der Waals surface area contributed by atoms with Gasteiger partial charge in [0.25, 0.3) is 0 Å². The third-order valence-corrected chi connectivity index (χ3v) is 2.52. The fourth-order valence-corrected chi connectivity index (χ4v) is 1.54. The molecule has 1 aromatic rings. The zero-order chi connectivity index (χ0) is 11.5. The molecule has 0 saturated heterocycles. The van der Waals surface area contributed by atoms with E-state index in [0.29, 0.717) is 15.4 Å². The Bertz CT molecular complexity index is 413. The van der Waals surface area contributed by atoms with E-state index in [4.69, 9.17) is 0 Å². The summed E-state index contributed by atoms with van der Waals surface area (Å²) in [6.45, 7) is 0. The molecule has 15 heavy (non-hydrogen) atoms. The molecule has 0 N–H and O–H groups in total. The standard InChI is InChI=1S/C10H5Br2F3/c11-5-1-2-7-3-4-8(6-9(7)12)10(13,14)15/h3-4,6H,5H2. The predicted molar refractivity (Wildman–Crippen MR) is 59.8 cm³/mol. The van der Waals surface area contributed by atoms with E-state index in [-0.39, 0.29) is 0 Å². The highest BCUT2D eigenvalue weighted by atomic mass is 79.9. The van der Waals surface area contributed by atoms with E-state index < -0.39 is 11.7 Å². The van der Waals surface area contributed by atoms with Gasteiger partial charge in [0, 0.05) is 10.0 Å². The molecule has 0 bridgehead atoms. The first kappa shape index (κ1) is 12.6. The highest BCUT2D eigenvalue weighted by Gasteiger charge is 2.30. The van der Waals surface area contributed by atoms with Crippen LogP contribution in [-0.4, -0.2) is 5.33 Å². The second-order valence-electron chi connectivity index (χ2n) is 2.63. The third-order valence-electron chi connectivity index (χ3n) is 1.59. The maximum Gasteiger partial charge on any atom is 0.416 e. The topological polar surface area (TPSA) is 0 Å². The van der Waals surface area contributed by atoms with Crippen molar-refractivity contribution in [2.75, 3.05) is 5.33 Å². The van der Waals surface area contributed by atoms with Gasteiger partial charge in [0.15, 0.2) is 0 Å². The lowest BCUT2D eigenvalue weighted by molar-refractivity contribution is -0.137. The first-order valence-corrected chi connectivity index (χ1v) is 5.78. The van der Waals surface area contributed by atoms with E-state index in [1.807, 2.05) is 0 Å². The molecule has 0 aromatic heterocycles. The zero-order valence-electron chi connectivity index (χ0n) is 7.33. The number of hydrogen-bond acceptors (Lipinski definition) is 0. The van der Waals surface area contributed by atoms with E-state index >= 15 is 0 Å². The quantitative estimate of drug-likeness (QED) is 0.489. The summed E-state index contributed by atoms with van der Waals surface area (Å²) in [6.07, 6.45) is -4.32. The van der Waals surface area contributed by atoms with Crippen LogP contribution in [0, 0.1) is 11.8 Å². The van der Waals surface area contributed by atoms with Gasteiger partial charge in [-0.3, -0.25) is 0 Å². The van der Waals surface area contributed by atoms with Crippen LogP contribution in [0.4, 0.5) is 13.2 Å². The van der Waals surface area contributed by atoms with Gasteiger partial charge in [-0.25, -0.2) is 0 Å². The van der Waals surface area contributed by atoms with E-state index in [0.717, 1.165) is 12.1 Å². The highest BCUT2D eigenvalue weighted by Crippen LogP contribution is 2.31. The van der Waals surface area contributed by atoms with Gasteiger partial charge in [-0.05, 0) is 34.1 Å². The summed E-state index contributed by atoms with van der Waals surface area (Å²) in [6, 6.07) is 3.39. The fraction of sp³-hybridized carbons (Fsp3) is 0.200. The van der Waals surface area contributed by atoms with Crippen LogP contribution in [0.1, 0.15) is 11.1 Å². The van der Waals surface area contributed by atoms with Gasteiger partial charge >= 0.3 is 6.18 Å². The molecule has 0 nitrogen and oxygen atoms in total. The molecular weight excluding hydrogens is 337 g/mol. The van der Waals surface area contributed by atoms with Crippen LogP contribution >= 0.6 is 31.9 Å². The molecule has 0 aliphatic carbocycles. The zero-order valence-corrected chi connectivity index (χ0v) is 10.5. The van der Waals surface area contributed by atoms with Crippen LogP contribution in [0.5, 0.6) is 0 Å². The van der Waals surface area contributed by atoms with E-state index in [1.165, 1.54) is 6.07 Å². The number of alkyl halides is 4. The summed E-state index contributed by atoms with van der Waals surface area (Å²) >= 11 is 6.16. The first-order valence-electron chi connectivity index (χ1n) is 3.86. The van der Waals surface area contributed by atoms with Crippen LogP contribution < -0.4 is 0 Å². The molecule has 1 aromatic carbocycles. The molecule has 0 aliphatic rings. The third kappa shape index (κ3) is 3.54. The number of rotatable bonds is 0. The van der Waals surface area contributed by atoms with E-state index in [9.17, 15) is 13.2 Å². The minimum atomic E-state index is -4.32. The van der Waals surface area contributed by atoms with E-state index in [1.54, 1.807) is 0 Å². The van der Waals surface area contributed by atoms with Crippen LogP contribution in [0.25, 0.3) is 0 Å². The Morgan fingerprint density at radius 3 is 2.40 bits per heavy atom. The molecule has 0 aliphatic heterocycles. The predicted octanol–water partition coefficient (Wildman–Crippen LogP) is 4.21. The van der Waals surface area contributed by atoms with Gasteiger partial charge in [0.05, 0.1) is 10.9 Å². The van der Waals surface area contributed by atoms with Gasteiger partial charge in [-0.15, -0.1) is 0 Å². The van der Waals surface area contributed by atoms with Crippen molar-refractivity contribution >= 4 is 31.9 Å². The molecule has 0 fully saturated rings. The van der Waals surface area contributed by atoms with Crippen molar-refractivity contribution < 1.29 is 13.2 Å². The summed E-state index contributed by atoms with van der Waals surface area (Å²) < 4.78 is 37.2. The van der Waals surface area contributed by atoms with Gasteiger partial charge < -0.3 is 0 Å². The lowest BCUT2D eigenvalue weighted by atomic mass is 10.1. The van der Waals surface area contributed by atoms with Crippen LogP contribution in [0.2, 0.25) is 0 Å². The average molecular weight is 342 g/mol. The van der Waals surface area contributed by atoms with Crippen LogP contribution in [-0.2, 0) is 6.18 Å². The Balaban J connectivity index is 3.09. The van der Waals surface area contributed by atoms with Gasteiger partial charge in [0.2, 0.25) is 0 Å². The molecule has 0 radical (unpaired) electrons. The molecule has 1 rings (SSSR count). The average Bonchev–Trinajstić information content (AvgIpc) is 2.14. The fourth-order valence-electron chi connectivity index (χ4n) is 0.921. The van der Waals surface area contributed by atoms with Crippen molar-refractivity contribution in [1.82, 2.24) is 0 Å². The minimum Gasteiger partial charge on any atom is -0.166 e. The van der Waals surface area contributed by atoms with Crippen LogP contribution in [0.15, 0.2) is 22.7 Å². The maximum absolute atomic E-state index is 12.3. The molecular formula is C10H5Br2F3. The molecule has 0 atom stereocenters. The van der Waals surface area contributed by atoms with Crippen molar-refractivity contribution in [1.29, 1.82) is 0 Å². The number of benzene rings is 1. The summed E-state index contributed by atoms with van der Waals surface area (Å²) in [4.78, 5) is 0. The molecule has 0 saturated carbocycles. The van der Waals surface area contributed by atoms with Gasteiger partial charge in [-0.1, -0.05) is 27.8 Å². The lowest BCUT2D eigenvalue weighted by Gasteiger charge is -2.07. The normalized spacial score (nSPS) is 10.7. The number of hydrogen-bond donors (Lipinski definition) is 0. The monoisotopic (exact) mass is 340 g/mol. The smallest absolute Gasteiger partial charge is 0.166 e. The Morgan fingerprint density at radius 1 is 1.27 bits per heavy atom. The van der Waals surface area contributed by atoms with Crippen molar-refractivity contribution in [3.63, 3.8) is 0 Å². The maximum atomic E-state index is 12.3. The Morgan fingerprint density at radius 2 is 1.93 bits per heavy atom. The SMILES string of the molecule is FC(F)(F)c1ccc(C#CCBr)c(Br)c1. The summed E-state index contributed by atoms with van der Waals surface area (Å²) in [5.41, 5.74) is -0.138. The summed E-state index contributed by atoms with van der Waals surface area (Å²) in [7, 11) is 0. The summed E-state index contributed by atoms with van der Waals surface area (Å²) in [5.74, 6) is 5.45. The molecule has 0 unspecified atom stereocenters. The van der Waals surface area contributed by atoms with Gasteiger partial charge in [-0.2, -0.15) is 13.2 Å². The first-order chi connectivity index (χ1) is 6.95. The van der Waals surface area contributed by atoms with E-state index in [2.05, 4.69) is 43.7 Å². The minimum absolute atomic E-state index is 0.353.